The predicted octanol–water partition coefficient (Wildman–Crippen LogP) is 1.95. The highest BCUT2D eigenvalue weighted by molar-refractivity contribution is 5.99. The number of nitrogens with one attached hydrogen (secondary N) is 3. The Hall–Kier alpha value is -4.02. The number of ether oxygens (including phenoxy) is 2. The summed E-state index contributed by atoms with van der Waals surface area (Å²) in [5, 5.41) is 8.47. The molecule has 3 heterocycles. The van der Waals surface area contributed by atoms with Crippen molar-refractivity contribution in [3.63, 3.8) is 0 Å². The standard InChI is InChI=1S/C27H33N5O6/c1-16-12-18(14-22-27(16,2)30-26(36)38-22)24(34)28-15-23(33)31-9-7-19(8-10-31)32-11-6-17-13-20(37-3)4-5-21(17)29-25(32)35/h4-5,12-14,19,22H,6-11,15H2,1-3H3,(H,28,34)(H,29,35)(H,30,36). The molecule has 2 saturated heterocycles. The first-order valence-electron chi connectivity index (χ1n) is 12.9. The highest BCUT2D eigenvalue weighted by atomic mass is 16.6. The van der Waals surface area contributed by atoms with Gasteiger partial charge in [0.25, 0.3) is 5.91 Å². The van der Waals surface area contributed by atoms with Crippen molar-refractivity contribution < 1.29 is 28.7 Å². The lowest BCUT2D eigenvalue weighted by Gasteiger charge is -2.38. The SMILES string of the molecule is COc1ccc2c(c1)CCN(C1CCN(C(=O)CNC(=O)C3=CC4OC(=O)NC4(C)C(C)=C3)CC1)C(=O)N2. The first-order chi connectivity index (χ1) is 18.2. The van der Waals surface area contributed by atoms with Crippen molar-refractivity contribution in [2.75, 3.05) is 38.6 Å². The molecule has 1 aromatic rings. The Bertz CT molecular complexity index is 1230. The number of hydrogen-bond donors (Lipinski definition) is 3. The first kappa shape index (κ1) is 25.6. The third-order valence-corrected chi connectivity index (χ3v) is 8.04. The molecule has 3 N–H and O–H groups in total. The number of urea groups is 1. The fourth-order valence-corrected chi connectivity index (χ4v) is 5.51. The molecule has 0 radical (unpaired) electrons. The van der Waals surface area contributed by atoms with Gasteiger partial charge >= 0.3 is 12.1 Å². The van der Waals surface area contributed by atoms with Crippen LogP contribution in [0, 0.1) is 0 Å². The molecular weight excluding hydrogens is 490 g/mol. The van der Waals surface area contributed by atoms with Crippen LogP contribution in [0.25, 0.3) is 0 Å². The van der Waals surface area contributed by atoms with Gasteiger partial charge in [0.1, 0.15) is 17.4 Å². The lowest BCUT2D eigenvalue weighted by Crippen LogP contribution is -2.51. The maximum Gasteiger partial charge on any atom is 0.408 e. The number of carbonyl (C=O) groups is 4. The first-order valence-corrected chi connectivity index (χ1v) is 12.9. The number of alkyl carbamates (subject to hydrolysis) is 1. The highest BCUT2D eigenvalue weighted by Gasteiger charge is 2.47. The molecule has 5 amide bonds. The summed E-state index contributed by atoms with van der Waals surface area (Å²) in [7, 11) is 1.62. The zero-order chi connectivity index (χ0) is 27.0. The van der Waals surface area contributed by atoms with Gasteiger partial charge in [-0.3, -0.25) is 9.59 Å². The smallest absolute Gasteiger partial charge is 0.408 e. The number of likely N-dealkylation sites (tertiary alicyclic amines) is 1. The molecule has 1 aromatic carbocycles. The van der Waals surface area contributed by atoms with Crippen molar-refractivity contribution in [1.29, 1.82) is 0 Å². The van der Waals surface area contributed by atoms with Crippen LogP contribution >= 0.6 is 0 Å². The van der Waals surface area contributed by atoms with Gasteiger partial charge in [0.05, 0.1) is 13.7 Å². The Morgan fingerprint density at radius 1 is 1.21 bits per heavy atom. The summed E-state index contributed by atoms with van der Waals surface area (Å²) in [5.74, 6) is 0.191. The molecule has 0 bridgehead atoms. The van der Waals surface area contributed by atoms with E-state index < -0.39 is 23.6 Å². The fraction of sp³-hybridized carbons (Fsp3) is 0.481. The largest absolute Gasteiger partial charge is 0.497 e. The minimum atomic E-state index is -0.680. The Balaban J connectivity index is 1.12. The molecule has 0 spiro atoms. The predicted molar refractivity (Wildman–Crippen MR) is 139 cm³/mol. The van der Waals surface area contributed by atoms with Crippen LogP contribution < -0.4 is 20.7 Å². The van der Waals surface area contributed by atoms with Crippen molar-refractivity contribution in [2.45, 2.75) is 50.8 Å². The Morgan fingerprint density at radius 3 is 2.71 bits per heavy atom. The van der Waals surface area contributed by atoms with Gasteiger partial charge < -0.3 is 35.2 Å². The molecule has 3 aliphatic heterocycles. The summed E-state index contributed by atoms with van der Waals surface area (Å²) < 4.78 is 10.6. The van der Waals surface area contributed by atoms with Crippen molar-refractivity contribution in [3.8, 4) is 5.75 Å². The zero-order valence-corrected chi connectivity index (χ0v) is 21.8. The van der Waals surface area contributed by atoms with Gasteiger partial charge in [-0.25, -0.2) is 9.59 Å². The zero-order valence-electron chi connectivity index (χ0n) is 21.8. The second kappa shape index (κ2) is 10.0. The van der Waals surface area contributed by atoms with E-state index in [1.807, 2.05) is 36.9 Å². The molecule has 2 atom stereocenters. The topological polar surface area (TPSA) is 129 Å². The average molecular weight is 524 g/mol. The van der Waals surface area contributed by atoms with Gasteiger partial charge in [-0.15, -0.1) is 0 Å². The van der Waals surface area contributed by atoms with Crippen LogP contribution in [0.3, 0.4) is 0 Å². The summed E-state index contributed by atoms with van der Waals surface area (Å²) in [6, 6.07) is 5.54. The van der Waals surface area contributed by atoms with Gasteiger partial charge in [0.15, 0.2) is 0 Å². The molecule has 0 saturated carbocycles. The van der Waals surface area contributed by atoms with E-state index in [0.717, 1.165) is 29.0 Å². The minimum absolute atomic E-state index is 0.0300. The van der Waals surface area contributed by atoms with Gasteiger partial charge in [0, 0.05) is 36.9 Å². The number of rotatable bonds is 5. The summed E-state index contributed by atoms with van der Waals surface area (Å²) in [6.45, 7) is 5.15. The number of anilines is 1. The molecular formula is C27H33N5O6. The third kappa shape index (κ3) is 4.80. The van der Waals surface area contributed by atoms with Gasteiger partial charge in [0.2, 0.25) is 5.91 Å². The molecule has 4 aliphatic rings. The maximum atomic E-state index is 12.9. The van der Waals surface area contributed by atoms with Crippen LogP contribution in [0.1, 0.15) is 32.3 Å². The number of carbonyl (C=O) groups excluding carboxylic acids is 4. The van der Waals surface area contributed by atoms with Crippen molar-refractivity contribution in [3.05, 3.63) is 47.1 Å². The second-order valence-corrected chi connectivity index (χ2v) is 10.3. The third-order valence-electron chi connectivity index (χ3n) is 8.04. The van der Waals surface area contributed by atoms with E-state index in [0.29, 0.717) is 38.0 Å². The average Bonchev–Trinajstić information content (AvgIpc) is 3.11. The molecule has 202 valence electrons. The number of benzene rings is 1. The lowest BCUT2D eigenvalue weighted by molar-refractivity contribution is -0.133. The Morgan fingerprint density at radius 2 is 1.97 bits per heavy atom. The fourth-order valence-electron chi connectivity index (χ4n) is 5.51. The summed E-state index contributed by atoms with van der Waals surface area (Å²) >= 11 is 0. The van der Waals surface area contributed by atoms with E-state index in [-0.39, 0.29) is 24.5 Å². The molecule has 2 unspecified atom stereocenters. The summed E-state index contributed by atoms with van der Waals surface area (Å²) in [6.07, 6.45) is 4.26. The normalized spacial score (nSPS) is 25.1. The van der Waals surface area contributed by atoms with E-state index in [1.165, 1.54) is 0 Å². The number of fused-ring (bicyclic) bond motifs is 2. The summed E-state index contributed by atoms with van der Waals surface area (Å²) in [5.41, 5.74) is 2.31. The number of methoxy groups -OCH3 is 1. The molecule has 38 heavy (non-hydrogen) atoms. The van der Waals surface area contributed by atoms with Crippen molar-refractivity contribution in [2.24, 2.45) is 0 Å². The number of piperidine rings is 1. The number of amides is 5. The second-order valence-electron chi connectivity index (χ2n) is 10.3. The van der Waals surface area contributed by atoms with Crippen LogP contribution in [0.15, 0.2) is 41.5 Å². The van der Waals surface area contributed by atoms with Crippen LogP contribution in [-0.2, 0) is 20.7 Å². The number of nitrogens with zero attached hydrogens (tertiary/aromatic N) is 2. The minimum Gasteiger partial charge on any atom is -0.497 e. The van der Waals surface area contributed by atoms with Gasteiger partial charge in [-0.1, -0.05) is 0 Å². The van der Waals surface area contributed by atoms with Crippen LogP contribution in [0.2, 0.25) is 0 Å². The lowest BCUT2D eigenvalue weighted by atomic mass is 9.81. The van der Waals surface area contributed by atoms with E-state index in [2.05, 4.69) is 16.0 Å². The van der Waals surface area contributed by atoms with Crippen molar-refractivity contribution in [1.82, 2.24) is 20.4 Å². The molecule has 1 aliphatic carbocycles. The monoisotopic (exact) mass is 523 g/mol. The number of hydrogen-bond acceptors (Lipinski definition) is 6. The Kier molecular flexibility index (Phi) is 6.77. The maximum absolute atomic E-state index is 12.9. The Labute approximate surface area is 221 Å². The van der Waals surface area contributed by atoms with Crippen molar-refractivity contribution >= 4 is 29.6 Å². The van der Waals surface area contributed by atoms with E-state index in [9.17, 15) is 19.2 Å². The molecule has 0 aromatic heterocycles. The van der Waals surface area contributed by atoms with Gasteiger partial charge in [-0.2, -0.15) is 0 Å². The van der Waals surface area contributed by atoms with Crippen LogP contribution in [0.5, 0.6) is 5.75 Å². The molecule has 11 nitrogen and oxygen atoms in total. The van der Waals surface area contributed by atoms with Crippen LogP contribution in [-0.4, -0.2) is 84.7 Å². The molecule has 5 rings (SSSR count). The van der Waals surface area contributed by atoms with Gasteiger partial charge in [-0.05, 0) is 74.6 Å². The summed E-state index contributed by atoms with van der Waals surface area (Å²) in [4.78, 5) is 53.8. The van der Waals surface area contributed by atoms with E-state index in [1.54, 1.807) is 24.2 Å². The van der Waals surface area contributed by atoms with E-state index >= 15 is 0 Å². The van der Waals surface area contributed by atoms with E-state index in [4.69, 9.17) is 9.47 Å². The van der Waals surface area contributed by atoms with Crippen LogP contribution in [0.4, 0.5) is 15.3 Å². The molecule has 11 heteroatoms. The quantitative estimate of drug-likeness (QED) is 0.541. The molecule has 2 fully saturated rings. The highest BCUT2D eigenvalue weighted by Crippen LogP contribution is 2.34.